The Morgan fingerprint density at radius 1 is 1.17 bits per heavy atom. The summed E-state index contributed by atoms with van der Waals surface area (Å²) in [6.45, 7) is 8.86. The SMILES string of the molecule is CC(C)c1cc2c(c(O)c1O)[C@@]13CCCC(C)(C)[C@@H]1[C@@H](O)[C@@H]2CO3. The fourth-order valence-corrected chi connectivity index (χ4v) is 5.72. The van der Waals surface area contributed by atoms with Gasteiger partial charge in [0.25, 0.3) is 0 Å². The highest BCUT2D eigenvalue weighted by Crippen LogP contribution is 2.66. The molecule has 0 amide bonds. The van der Waals surface area contributed by atoms with Crippen molar-refractivity contribution in [3.63, 3.8) is 0 Å². The minimum absolute atomic E-state index is 0.0223. The molecule has 0 radical (unpaired) electrons. The number of phenolic OH excluding ortho intramolecular Hbond substituents is 2. The molecule has 2 aliphatic heterocycles. The van der Waals surface area contributed by atoms with Crippen LogP contribution in [0.4, 0.5) is 0 Å². The van der Waals surface area contributed by atoms with Crippen LogP contribution in [-0.4, -0.2) is 28.0 Å². The van der Waals surface area contributed by atoms with E-state index < -0.39 is 11.7 Å². The van der Waals surface area contributed by atoms with Crippen molar-refractivity contribution in [3.8, 4) is 11.5 Å². The average molecular weight is 332 g/mol. The van der Waals surface area contributed by atoms with E-state index in [4.69, 9.17) is 4.74 Å². The van der Waals surface area contributed by atoms with Gasteiger partial charge in [0.15, 0.2) is 11.5 Å². The Bertz CT molecular complexity index is 693. The molecule has 132 valence electrons. The van der Waals surface area contributed by atoms with E-state index in [0.717, 1.165) is 36.0 Å². The molecule has 3 N–H and O–H groups in total. The highest BCUT2D eigenvalue weighted by molar-refractivity contribution is 5.61. The molecule has 2 aliphatic carbocycles. The number of aliphatic hydroxyl groups is 1. The van der Waals surface area contributed by atoms with Crippen molar-refractivity contribution in [2.24, 2.45) is 11.3 Å². The second-order valence-electron chi connectivity index (χ2n) is 8.90. The summed E-state index contributed by atoms with van der Waals surface area (Å²) in [6, 6.07) is 1.99. The summed E-state index contributed by atoms with van der Waals surface area (Å²) < 4.78 is 6.31. The average Bonchev–Trinajstić information content (AvgIpc) is 2.49. The van der Waals surface area contributed by atoms with Crippen molar-refractivity contribution in [3.05, 3.63) is 22.8 Å². The molecule has 4 atom stereocenters. The van der Waals surface area contributed by atoms with Gasteiger partial charge >= 0.3 is 0 Å². The number of phenols is 2. The number of hydrogen-bond acceptors (Lipinski definition) is 4. The molecule has 2 heterocycles. The molecule has 0 unspecified atom stereocenters. The Hall–Kier alpha value is -1.26. The number of aliphatic hydroxyl groups excluding tert-OH is 1. The third-order valence-electron chi connectivity index (χ3n) is 6.77. The zero-order chi connectivity index (χ0) is 17.4. The Morgan fingerprint density at radius 3 is 2.54 bits per heavy atom. The lowest BCUT2D eigenvalue weighted by Gasteiger charge is -2.62. The minimum atomic E-state index is -0.678. The van der Waals surface area contributed by atoms with Gasteiger partial charge in [0.2, 0.25) is 0 Å². The lowest BCUT2D eigenvalue weighted by molar-refractivity contribution is -0.244. The fourth-order valence-electron chi connectivity index (χ4n) is 5.72. The maximum absolute atomic E-state index is 11.1. The number of ether oxygens (including phenoxy) is 1. The lowest BCUT2D eigenvalue weighted by atomic mass is 9.50. The van der Waals surface area contributed by atoms with Crippen LogP contribution in [0.5, 0.6) is 11.5 Å². The number of fused-ring (bicyclic) bond motifs is 1. The molecule has 1 aromatic rings. The van der Waals surface area contributed by atoms with Crippen molar-refractivity contribution >= 4 is 0 Å². The first-order valence-corrected chi connectivity index (χ1v) is 9.12. The quantitative estimate of drug-likeness (QED) is 0.685. The zero-order valence-corrected chi connectivity index (χ0v) is 15.0. The summed E-state index contributed by atoms with van der Waals surface area (Å²) >= 11 is 0. The predicted octanol–water partition coefficient (Wildman–Crippen LogP) is 3.73. The van der Waals surface area contributed by atoms with E-state index in [1.54, 1.807) is 0 Å². The van der Waals surface area contributed by atoms with Crippen molar-refractivity contribution in [2.75, 3.05) is 6.61 Å². The van der Waals surface area contributed by atoms with E-state index in [1.807, 2.05) is 19.9 Å². The smallest absolute Gasteiger partial charge is 0.164 e. The molecule has 1 aromatic carbocycles. The second-order valence-corrected chi connectivity index (χ2v) is 8.90. The molecule has 0 aromatic heterocycles. The summed E-state index contributed by atoms with van der Waals surface area (Å²) in [6.07, 6.45) is 2.35. The topological polar surface area (TPSA) is 69.9 Å². The third kappa shape index (κ3) is 1.81. The van der Waals surface area contributed by atoms with Gasteiger partial charge in [0, 0.05) is 23.0 Å². The van der Waals surface area contributed by atoms with E-state index in [9.17, 15) is 15.3 Å². The van der Waals surface area contributed by atoms with Crippen LogP contribution in [0, 0.1) is 11.3 Å². The summed E-state index contributed by atoms with van der Waals surface area (Å²) in [7, 11) is 0. The molecular weight excluding hydrogens is 304 g/mol. The fraction of sp³-hybridized carbons (Fsp3) is 0.700. The van der Waals surface area contributed by atoms with E-state index in [0.29, 0.717) is 6.61 Å². The van der Waals surface area contributed by atoms with E-state index in [-0.39, 0.29) is 34.7 Å². The van der Waals surface area contributed by atoms with Crippen molar-refractivity contribution in [1.29, 1.82) is 0 Å². The lowest BCUT2D eigenvalue weighted by Crippen LogP contribution is -2.63. The molecule has 1 saturated heterocycles. The van der Waals surface area contributed by atoms with Crippen molar-refractivity contribution < 1.29 is 20.1 Å². The molecule has 1 spiro atoms. The number of aromatic hydroxyl groups is 2. The van der Waals surface area contributed by atoms with Crippen LogP contribution < -0.4 is 0 Å². The van der Waals surface area contributed by atoms with E-state index >= 15 is 0 Å². The van der Waals surface area contributed by atoms with Gasteiger partial charge in [0.1, 0.15) is 5.60 Å². The Balaban J connectivity index is 2.01. The summed E-state index contributed by atoms with van der Waals surface area (Å²) in [5, 5.41) is 32.6. The molecule has 4 heteroatoms. The summed E-state index contributed by atoms with van der Waals surface area (Å²) in [5.41, 5.74) is 1.72. The van der Waals surface area contributed by atoms with Gasteiger partial charge < -0.3 is 20.1 Å². The summed E-state index contributed by atoms with van der Waals surface area (Å²) in [4.78, 5) is 0. The van der Waals surface area contributed by atoms with Gasteiger partial charge in [-0.05, 0) is 36.2 Å². The van der Waals surface area contributed by atoms with Gasteiger partial charge in [-0.3, -0.25) is 0 Å². The highest BCUT2D eigenvalue weighted by Gasteiger charge is 2.64. The van der Waals surface area contributed by atoms with Crippen LogP contribution in [0.3, 0.4) is 0 Å². The van der Waals surface area contributed by atoms with E-state index in [2.05, 4.69) is 13.8 Å². The van der Waals surface area contributed by atoms with Gasteiger partial charge in [-0.15, -0.1) is 0 Å². The highest BCUT2D eigenvalue weighted by atomic mass is 16.5. The van der Waals surface area contributed by atoms with Crippen molar-refractivity contribution in [2.45, 2.75) is 70.5 Å². The van der Waals surface area contributed by atoms with Crippen molar-refractivity contribution in [1.82, 2.24) is 0 Å². The van der Waals surface area contributed by atoms with Crippen LogP contribution in [0.15, 0.2) is 6.07 Å². The first-order valence-electron chi connectivity index (χ1n) is 9.12. The van der Waals surface area contributed by atoms with Gasteiger partial charge in [-0.2, -0.15) is 0 Å². The van der Waals surface area contributed by atoms with Crippen LogP contribution in [0.1, 0.15) is 75.5 Å². The largest absolute Gasteiger partial charge is 0.504 e. The molecule has 4 aliphatic rings. The number of benzene rings is 1. The third-order valence-corrected chi connectivity index (χ3v) is 6.77. The zero-order valence-electron chi connectivity index (χ0n) is 15.0. The number of hydrogen-bond donors (Lipinski definition) is 3. The molecular formula is C20H28O4. The first-order chi connectivity index (χ1) is 11.2. The van der Waals surface area contributed by atoms with Gasteiger partial charge in [-0.1, -0.05) is 33.8 Å². The molecule has 2 bridgehead atoms. The number of rotatable bonds is 1. The van der Waals surface area contributed by atoms with E-state index in [1.165, 1.54) is 0 Å². The normalized spacial score (nSPS) is 36.5. The molecule has 5 rings (SSSR count). The first kappa shape index (κ1) is 16.2. The Kier molecular flexibility index (Phi) is 3.30. The minimum Gasteiger partial charge on any atom is -0.504 e. The van der Waals surface area contributed by atoms with Crippen LogP contribution in [-0.2, 0) is 10.3 Å². The molecule has 2 fully saturated rings. The maximum atomic E-state index is 11.1. The monoisotopic (exact) mass is 332 g/mol. The van der Waals surface area contributed by atoms with Gasteiger partial charge in [-0.25, -0.2) is 0 Å². The molecule has 24 heavy (non-hydrogen) atoms. The van der Waals surface area contributed by atoms with Crippen LogP contribution in [0.25, 0.3) is 0 Å². The van der Waals surface area contributed by atoms with Crippen LogP contribution >= 0.6 is 0 Å². The maximum Gasteiger partial charge on any atom is 0.164 e. The Labute approximate surface area is 143 Å². The standard InChI is InChI=1S/C20H28O4/c1-10(2)11-8-12-13-9-24-20(14(12)17(23)15(11)21)7-5-6-19(3,4)18(20)16(13)22/h8,10,13,16,18,21-23H,5-7,9H2,1-4H3/t13-,16+,18+,20+/m1/s1. The molecule has 4 nitrogen and oxygen atoms in total. The van der Waals surface area contributed by atoms with Gasteiger partial charge in [0.05, 0.1) is 12.7 Å². The molecule has 1 saturated carbocycles. The van der Waals surface area contributed by atoms with Crippen LogP contribution in [0.2, 0.25) is 0 Å². The summed E-state index contributed by atoms with van der Waals surface area (Å²) in [5.74, 6) is -0.134. The second kappa shape index (κ2) is 4.89. The predicted molar refractivity (Wildman–Crippen MR) is 91.4 cm³/mol. The Morgan fingerprint density at radius 2 is 1.88 bits per heavy atom.